The van der Waals surface area contributed by atoms with E-state index in [9.17, 15) is 18.0 Å². The summed E-state index contributed by atoms with van der Waals surface area (Å²) in [7, 11) is 0. The van der Waals surface area contributed by atoms with E-state index in [1.807, 2.05) is 5.92 Å². The number of aldehydes is 1. The van der Waals surface area contributed by atoms with Gasteiger partial charge in [-0.15, -0.1) is 0 Å². The molecule has 2 nitrogen and oxygen atoms in total. The van der Waals surface area contributed by atoms with Crippen molar-refractivity contribution in [2.75, 3.05) is 0 Å². The Morgan fingerprint density at radius 2 is 2.07 bits per heavy atom. The number of halogens is 3. The van der Waals surface area contributed by atoms with Gasteiger partial charge in [0.05, 0.1) is 5.56 Å². The zero-order valence-electron chi connectivity index (χ0n) is 6.80. The summed E-state index contributed by atoms with van der Waals surface area (Å²) in [4.78, 5) is 13.3. The summed E-state index contributed by atoms with van der Waals surface area (Å²) in [5.41, 5.74) is -0.709. The topological polar surface area (TPSA) is 30.0 Å². The van der Waals surface area contributed by atoms with Crippen molar-refractivity contribution in [3.05, 3.63) is 29.6 Å². The smallest absolute Gasteiger partial charge is 0.289 e. The van der Waals surface area contributed by atoms with E-state index in [1.54, 1.807) is 0 Å². The molecule has 1 aromatic heterocycles. The first-order chi connectivity index (χ1) is 6.54. The van der Waals surface area contributed by atoms with Crippen LogP contribution in [0.25, 0.3) is 0 Å². The van der Waals surface area contributed by atoms with Crippen LogP contribution in [0.4, 0.5) is 13.2 Å². The monoisotopic (exact) mass is 199 g/mol. The van der Waals surface area contributed by atoms with Crippen molar-refractivity contribution >= 4 is 6.29 Å². The van der Waals surface area contributed by atoms with E-state index in [1.165, 1.54) is 0 Å². The Kier molecular flexibility index (Phi) is 2.87. The minimum absolute atomic E-state index is 0.130. The second-order valence-corrected chi connectivity index (χ2v) is 2.32. The molecule has 0 aromatic carbocycles. The SMILES string of the molecule is O=CC#Cc1ccc(C(F)(F)F)cn1. The van der Waals surface area contributed by atoms with Crippen molar-refractivity contribution < 1.29 is 18.0 Å². The van der Waals surface area contributed by atoms with Gasteiger partial charge in [-0.2, -0.15) is 13.2 Å². The second-order valence-electron chi connectivity index (χ2n) is 2.32. The number of rotatable bonds is 0. The van der Waals surface area contributed by atoms with Crippen LogP contribution >= 0.6 is 0 Å². The predicted octanol–water partition coefficient (Wildman–Crippen LogP) is 1.65. The van der Waals surface area contributed by atoms with Crippen molar-refractivity contribution in [1.29, 1.82) is 0 Å². The van der Waals surface area contributed by atoms with Gasteiger partial charge in [-0.1, -0.05) is 0 Å². The molecule has 0 unspecified atom stereocenters. The van der Waals surface area contributed by atoms with Crippen molar-refractivity contribution in [1.82, 2.24) is 4.98 Å². The van der Waals surface area contributed by atoms with Crippen LogP contribution in [-0.2, 0) is 11.0 Å². The van der Waals surface area contributed by atoms with E-state index in [-0.39, 0.29) is 5.69 Å². The normalized spacial score (nSPS) is 10.2. The van der Waals surface area contributed by atoms with Gasteiger partial charge in [0.25, 0.3) is 0 Å². The maximum absolute atomic E-state index is 12.0. The molecule has 0 aliphatic carbocycles. The largest absolute Gasteiger partial charge is 0.417 e. The molecule has 0 radical (unpaired) electrons. The maximum Gasteiger partial charge on any atom is 0.417 e. The summed E-state index contributed by atoms with van der Waals surface area (Å²) in [6.45, 7) is 0. The van der Waals surface area contributed by atoms with E-state index in [4.69, 9.17) is 0 Å². The summed E-state index contributed by atoms with van der Waals surface area (Å²) in [5, 5.41) is 0. The average molecular weight is 199 g/mol. The summed E-state index contributed by atoms with van der Waals surface area (Å²) < 4.78 is 36.1. The Balaban J connectivity index is 2.95. The number of aromatic nitrogens is 1. The van der Waals surface area contributed by atoms with Crippen LogP contribution in [0.5, 0.6) is 0 Å². The molecule has 72 valence electrons. The third-order valence-corrected chi connectivity index (χ3v) is 1.35. The highest BCUT2D eigenvalue weighted by Crippen LogP contribution is 2.28. The standard InChI is InChI=1S/C9H4F3NO/c10-9(11,12)7-3-4-8(13-6-7)2-1-5-14/h3-6H. The van der Waals surface area contributed by atoms with Crippen LogP contribution in [0.1, 0.15) is 11.3 Å². The predicted molar refractivity (Wildman–Crippen MR) is 42.2 cm³/mol. The first-order valence-electron chi connectivity index (χ1n) is 3.52. The Labute approximate surface area is 77.8 Å². The summed E-state index contributed by atoms with van der Waals surface area (Å²) in [6, 6.07) is 1.97. The summed E-state index contributed by atoms with van der Waals surface area (Å²) >= 11 is 0. The molecule has 0 fully saturated rings. The molecule has 14 heavy (non-hydrogen) atoms. The maximum atomic E-state index is 12.0. The molecule has 0 spiro atoms. The van der Waals surface area contributed by atoms with Gasteiger partial charge in [0.15, 0.2) is 6.29 Å². The quantitative estimate of drug-likeness (QED) is 0.469. The molecule has 0 aliphatic heterocycles. The lowest BCUT2D eigenvalue weighted by atomic mass is 10.2. The third-order valence-electron chi connectivity index (χ3n) is 1.35. The molecule has 5 heteroatoms. The van der Waals surface area contributed by atoms with Crippen molar-refractivity contribution in [3.8, 4) is 11.8 Å². The molecule has 0 atom stereocenters. The minimum Gasteiger partial charge on any atom is -0.289 e. The van der Waals surface area contributed by atoms with Crippen LogP contribution < -0.4 is 0 Å². The van der Waals surface area contributed by atoms with Gasteiger partial charge in [-0.25, -0.2) is 4.98 Å². The van der Waals surface area contributed by atoms with Gasteiger partial charge in [-0.3, -0.25) is 4.79 Å². The van der Waals surface area contributed by atoms with E-state index in [2.05, 4.69) is 10.9 Å². The van der Waals surface area contributed by atoms with E-state index in [0.29, 0.717) is 12.5 Å². The van der Waals surface area contributed by atoms with E-state index in [0.717, 1.165) is 12.1 Å². The summed E-state index contributed by atoms with van der Waals surface area (Å²) in [6.07, 6.45) is -3.38. The number of carbonyl (C=O) groups excluding carboxylic acids is 1. The number of alkyl halides is 3. The Morgan fingerprint density at radius 3 is 2.50 bits per heavy atom. The van der Waals surface area contributed by atoms with Gasteiger partial charge in [-0.05, 0) is 24.0 Å². The first kappa shape index (κ1) is 10.3. The highest BCUT2D eigenvalue weighted by atomic mass is 19.4. The zero-order valence-corrected chi connectivity index (χ0v) is 6.80. The molecule has 1 heterocycles. The average Bonchev–Trinajstić information content (AvgIpc) is 2.14. The second kappa shape index (κ2) is 3.92. The Hall–Kier alpha value is -1.83. The van der Waals surface area contributed by atoms with Crippen LogP contribution in [0.3, 0.4) is 0 Å². The van der Waals surface area contributed by atoms with E-state index < -0.39 is 11.7 Å². The van der Waals surface area contributed by atoms with Crippen LogP contribution in [0.2, 0.25) is 0 Å². The lowest BCUT2D eigenvalue weighted by Gasteiger charge is -2.04. The number of hydrogen-bond donors (Lipinski definition) is 0. The minimum atomic E-state index is -4.40. The fraction of sp³-hybridized carbons (Fsp3) is 0.111. The van der Waals surface area contributed by atoms with Crippen molar-refractivity contribution in [3.63, 3.8) is 0 Å². The Morgan fingerprint density at radius 1 is 1.36 bits per heavy atom. The van der Waals surface area contributed by atoms with E-state index >= 15 is 0 Å². The van der Waals surface area contributed by atoms with Gasteiger partial charge in [0, 0.05) is 6.20 Å². The van der Waals surface area contributed by atoms with Crippen LogP contribution in [0.15, 0.2) is 18.3 Å². The molecule has 0 amide bonds. The fourth-order valence-corrected chi connectivity index (χ4v) is 0.739. The number of nitrogens with zero attached hydrogens (tertiary/aromatic N) is 1. The highest BCUT2D eigenvalue weighted by Gasteiger charge is 2.30. The zero-order chi connectivity index (χ0) is 10.6. The van der Waals surface area contributed by atoms with Crippen molar-refractivity contribution in [2.24, 2.45) is 0 Å². The molecule has 1 rings (SSSR count). The molecule has 0 aliphatic rings. The van der Waals surface area contributed by atoms with Gasteiger partial charge in [0.1, 0.15) is 5.69 Å². The lowest BCUT2D eigenvalue weighted by Crippen LogP contribution is -2.05. The number of carbonyl (C=O) groups is 1. The molecule has 0 bridgehead atoms. The lowest BCUT2D eigenvalue weighted by molar-refractivity contribution is -0.137. The van der Waals surface area contributed by atoms with Gasteiger partial charge in [0.2, 0.25) is 0 Å². The first-order valence-corrected chi connectivity index (χ1v) is 3.52. The molecule has 0 N–H and O–H groups in total. The molecular weight excluding hydrogens is 195 g/mol. The van der Waals surface area contributed by atoms with Crippen LogP contribution in [0, 0.1) is 11.8 Å². The summed E-state index contributed by atoms with van der Waals surface area (Å²) in [5.74, 6) is 4.32. The van der Waals surface area contributed by atoms with Crippen molar-refractivity contribution in [2.45, 2.75) is 6.18 Å². The van der Waals surface area contributed by atoms with Crippen LogP contribution in [-0.4, -0.2) is 11.3 Å². The molecule has 1 aromatic rings. The third kappa shape index (κ3) is 2.59. The number of hydrogen-bond acceptors (Lipinski definition) is 2. The number of pyridine rings is 1. The van der Waals surface area contributed by atoms with Gasteiger partial charge < -0.3 is 0 Å². The molecule has 0 saturated carbocycles. The fourth-order valence-electron chi connectivity index (χ4n) is 0.739. The van der Waals surface area contributed by atoms with Gasteiger partial charge >= 0.3 is 6.18 Å². The molecule has 0 saturated heterocycles. The molecular formula is C9H4F3NO. The Bertz CT molecular complexity index is 383. The highest BCUT2D eigenvalue weighted by molar-refractivity contribution is 5.73.